The van der Waals surface area contributed by atoms with Gasteiger partial charge in [-0.3, -0.25) is 0 Å². The molecule has 2 aromatic rings. The maximum atomic E-state index is 6.46. The molecule has 94 valence electrons. The summed E-state index contributed by atoms with van der Waals surface area (Å²) in [5.74, 6) is 0.866. The lowest BCUT2D eigenvalue weighted by Gasteiger charge is -2.12. The first-order valence-electron chi connectivity index (χ1n) is 5.72. The van der Waals surface area contributed by atoms with E-state index in [1.54, 1.807) is 7.11 Å². The number of hydrogen-bond acceptors (Lipinski definition) is 1. The Kier molecular flexibility index (Phi) is 4.67. The summed E-state index contributed by atoms with van der Waals surface area (Å²) in [7, 11) is 1.67. The number of ether oxygens (including phenoxy) is 1. The molecule has 1 unspecified atom stereocenters. The fraction of sp³-hybridized carbons (Fsp3) is 0.200. The van der Waals surface area contributed by atoms with Crippen LogP contribution in [0.15, 0.2) is 53.0 Å². The number of hydrogen-bond donors (Lipinski definition) is 0. The Morgan fingerprint density at radius 3 is 2.39 bits per heavy atom. The van der Waals surface area contributed by atoms with Crippen molar-refractivity contribution in [3.05, 3.63) is 64.1 Å². The Hall–Kier alpha value is -0.990. The standard InChI is InChI=1S/C15H14BrClO/c1-18-12-8-6-11(7-9-12)10-15(17)13-4-2-3-5-14(13)16/h2-9,15H,10H2,1H3. The molecule has 0 saturated heterocycles. The molecule has 0 bridgehead atoms. The van der Waals surface area contributed by atoms with Crippen molar-refractivity contribution in [3.63, 3.8) is 0 Å². The average Bonchev–Trinajstić information content (AvgIpc) is 2.40. The van der Waals surface area contributed by atoms with Crippen LogP contribution in [0.3, 0.4) is 0 Å². The van der Waals surface area contributed by atoms with E-state index < -0.39 is 0 Å². The Balaban J connectivity index is 2.11. The molecule has 2 aromatic carbocycles. The van der Waals surface area contributed by atoms with Crippen molar-refractivity contribution >= 4 is 27.5 Å². The van der Waals surface area contributed by atoms with E-state index in [0.717, 1.165) is 22.2 Å². The van der Waals surface area contributed by atoms with Crippen LogP contribution in [0.4, 0.5) is 0 Å². The van der Waals surface area contributed by atoms with Crippen molar-refractivity contribution in [3.8, 4) is 5.75 Å². The second kappa shape index (κ2) is 6.26. The minimum Gasteiger partial charge on any atom is -0.497 e. The zero-order valence-electron chi connectivity index (χ0n) is 10.1. The molecule has 0 radical (unpaired) electrons. The Labute approximate surface area is 121 Å². The number of rotatable bonds is 4. The van der Waals surface area contributed by atoms with E-state index in [-0.39, 0.29) is 5.38 Å². The van der Waals surface area contributed by atoms with Crippen molar-refractivity contribution in [1.29, 1.82) is 0 Å². The lowest BCUT2D eigenvalue weighted by Crippen LogP contribution is -1.97. The fourth-order valence-corrected chi connectivity index (χ4v) is 2.87. The van der Waals surface area contributed by atoms with E-state index in [4.69, 9.17) is 16.3 Å². The van der Waals surface area contributed by atoms with Gasteiger partial charge in [-0.25, -0.2) is 0 Å². The van der Waals surface area contributed by atoms with Gasteiger partial charge >= 0.3 is 0 Å². The van der Waals surface area contributed by atoms with Crippen LogP contribution in [0, 0.1) is 0 Å². The van der Waals surface area contributed by atoms with E-state index in [2.05, 4.69) is 15.9 Å². The highest BCUT2D eigenvalue weighted by molar-refractivity contribution is 9.10. The summed E-state index contributed by atoms with van der Waals surface area (Å²) < 4.78 is 6.19. The number of halogens is 2. The van der Waals surface area contributed by atoms with Crippen LogP contribution in [-0.2, 0) is 6.42 Å². The maximum absolute atomic E-state index is 6.46. The summed E-state index contributed by atoms with van der Waals surface area (Å²) in [6, 6.07) is 16.1. The third-order valence-corrected chi connectivity index (χ3v) is 3.93. The molecular formula is C15H14BrClO. The number of benzene rings is 2. The van der Waals surface area contributed by atoms with E-state index in [9.17, 15) is 0 Å². The first kappa shape index (κ1) is 13.4. The zero-order chi connectivity index (χ0) is 13.0. The second-order valence-electron chi connectivity index (χ2n) is 4.04. The first-order chi connectivity index (χ1) is 8.70. The van der Waals surface area contributed by atoms with Gasteiger partial charge in [0.05, 0.1) is 12.5 Å². The molecule has 0 aromatic heterocycles. The lowest BCUT2D eigenvalue weighted by molar-refractivity contribution is 0.414. The normalized spacial score (nSPS) is 12.2. The van der Waals surface area contributed by atoms with Gasteiger partial charge in [0.15, 0.2) is 0 Å². The lowest BCUT2D eigenvalue weighted by atomic mass is 10.0. The molecule has 18 heavy (non-hydrogen) atoms. The molecule has 3 heteroatoms. The van der Waals surface area contributed by atoms with Gasteiger partial charge in [0.2, 0.25) is 0 Å². The molecule has 0 saturated carbocycles. The van der Waals surface area contributed by atoms with E-state index >= 15 is 0 Å². The van der Waals surface area contributed by atoms with Crippen LogP contribution >= 0.6 is 27.5 Å². The number of methoxy groups -OCH3 is 1. The largest absolute Gasteiger partial charge is 0.497 e. The summed E-state index contributed by atoms with van der Waals surface area (Å²) in [5.41, 5.74) is 2.32. The molecule has 1 nitrogen and oxygen atoms in total. The van der Waals surface area contributed by atoms with Crippen molar-refractivity contribution in [2.24, 2.45) is 0 Å². The SMILES string of the molecule is COc1ccc(CC(Cl)c2ccccc2Br)cc1. The minimum absolute atomic E-state index is 0.0334. The molecule has 1 atom stereocenters. The van der Waals surface area contributed by atoms with E-state index in [1.807, 2.05) is 48.5 Å². The first-order valence-corrected chi connectivity index (χ1v) is 6.95. The second-order valence-corrected chi connectivity index (χ2v) is 5.42. The quantitative estimate of drug-likeness (QED) is 0.720. The summed E-state index contributed by atoms with van der Waals surface area (Å²) in [6.07, 6.45) is 0.800. The van der Waals surface area contributed by atoms with Crippen molar-refractivity contribution in [2.45, 2.75) is 11.8 Å². The molecule has 0 amide bonds. The molecule has 2 rings (SSSR count). The number of alkyl halides is 1. The molecule has 0 aliphatic rings. The molecule has 0 fully saturated rings. The summed E-state index contributed by atoms with van der Waals surface area (Å²) in [6.45, 7) is 0. The summed E-state index contributed by atoms with van der Waals surface area (Å²) >= 11 is 9.99. The summed E-state index contributed by atoms with van der Waals surface area (Å²) in [5, 5.41) is -0.0334. The predicted molar refractivity (Wildman–Crippen MR) is 79.4 cm³/mol. The van der Waals surface area contributed by atoms with E-state index in [0.29, 0.717) is 0 Å². The summed E-state index contributed by atoms with van der Waals surface area (Å²) in [4.78, 5) is 0. The molecular weight excluding hydrogens is 312 g/mol. The maximum Gasteiger partial charge on any atom is 0.118 e. The highest BCUT2D eigenvalue weighted by Gasteiger charge is 2.11. The van der Waals surface area contributed by atoms with Crippen molar-refractivity contribution in [2.75, 3.05) is 7.11 Å². The average molecular weight is 326 g/mol. The molecule has 0 heterocycles. The van der Waals surface area contributed by atoms with Gasteiger partial charge in [0.25, 0.3) is 0 Å². The van der Waals surface area contributed by atoms with Crippen LogP contribution in [0.1, 0.15) is 16.5 Å². The van der Waals surface area contributed by atoms with Crippen LogP contribution in [0.25, 0.3) is 0 Å². The van der Waals surface area contributed by atoms with Gasteiger partial charge in [-0.1, -0.05) is 46.3 Å². The Morgan fingerprint density at radius 2 is 1.78 bits per heavy atom. The highest BCUT2D eigenvalue weighted by atomic mass is 79.9. The molecule has 0 spiro atoms. The van der Waals surface area contributed by atoms with Crippen LogP contribution < -0.4 is 4.74 Å². The highest BCUT2D eigenvalue weighted by Crippen LogP contribution is 2.31. The van der Waals surface area contributed by atoms with Gasteiger partial charge in [-0.15, -0.1) is 11.6 Å². The topological polar surface area (TPSA) is 9.23 Å². The fourth-order valence-electron chi connectivity index (χ4n) is 1.81. The monoisotopic (exact) mass is 324 g/mol. The van der Waals surface area contributed by atoms with Gasteiger partial charge in [0, 0.05) is 4.47 Å². The van der Waals surface area contributed by atoms with Gasteiger partial charge in [0.1, 0.15) is 5.75 Å². The molecule has 0 N–H and O–H groups in total. The minimum atomic E-state index is -0.0334. The molecule has 0 aliphatic carbocycles. The van der Waals surface area contributed by atoms with Crippen molar-refractivity contribution < 1.29 is 4.74 Å². The predicted octanol–water partition coefficient (Wildman–Crippen LogP) is 4.98. The Bertz CT molecular complexity index is 510. The zero-order valence-corrected chi connectivity index (χ0v) is 12.4. The van der Waals surface area contributed by atoms with Gasteiger partial charge in [-0.2, -0.15) is 0 Å². The van der Waals surface area contributed by atoms with E-state index in [1.165, 1.54) is 5.56 Å². The van der Waals surface area contributed by atoms with Crippen molar-refractivity contribution in [1.82, 2.24) is 0 Å². The Morgan fingerprint density at radius 1 is 1.11 bits per heavy atom. The molecule has 0 aliphatic heterocycles. The van der Waals surface area contributed by atoms with Gasteiger partial charge in [-0.05, 0) is 35.7 Å². The third-order valence-electron chi connectivity index (χ3n) is 2.82. The van der Waals surface area contributed by atoms with Gasteiger partial charge < -0.3 is 4.74 Å². The van der Waals surface area contributed by atoms with Crippen LogP contribution in [0.2, 0.25) is 0 Å². The van der Waals surface area contributed by atoms with Crippen LogP contribution in [0.5, 0.6) is 5.75 Å². The van der Waals surface area contributed by atoms with Crippen LogP contribution in [-0.4, -0.2) is 7.11 Å². The third kappa shape index (κ3) is 3.27. The smallest absolute Gasteiger partial charge is 0.118 e.